The summed E-state index contributed by atoms with van der Waals surface area (Å²) in [7, 11) is 0. The first-order valence-electron chi connectivity index (χ1n) is 14.5. The molecule has 190 valence electrons. The monoisotopic (exact) mass is 480 g/mol. The zero-order valence-electron chi connectivity index (χ0n) is 22.5. The van der Waals surface area contributed by atoms with Gasteiger partial charge in [-0.05, 0) is 96.7 Å². The number of ether oxygens (including phenoxy) is 1. The lowest BCUT2D eigenvalue weighted by Gasteiger charge is -2.29. The zero-order chi connectivity index (χ0) is 25.0. The third-order valence-electron chi connectivity index (χ3n) is 7.87. The lowest BCUT2D eigenvalue weighted by molar-refractivity contribution is 0.302. The van der Waals surface area contributed by atoms with Crippen LogP contribution in [0.4, 0.5) is 0 Å². The molecule has 0 saturated heterocycles. The molecule has 0 spiro atoms. The van der Waals surface area contributed by atoms with Crippen molar-refractivity contribution in [1.82, 2.24) is 0 Å². The molecule has 0 N–H and O–H groups in total. The molecule has 0 radical (unpaired) electrons. The summed E-state index contributed by atoms with van der Waals surface area (Å²) in [6.45, 7) is 5.31. The molecule has 4 rings (SSSR count). The quantitative estimate of drug-likeness (QED) is 0.196. The molecule has 1 saturated carbocycles. The van der Waals surface area contributed by atoms with Crippen molar-refractivity contribution < 1.29 is 4.74 Å². The van der Waals surface area contributed by atoms with E-state index in [1.807, 2.05) is 0 Å². The Morgan fingerprint density at radius 3 is 2.11 bits per heavy atom. The summed E-state index contributed by atoms with van der Waals surface area (Å²) in [5, 5.41) is 2.41. The molecule has 0 atom stereocenters. The summed E-state index contributed by atoms with van der Waals surface area (Å²) < 4.78 is 5.91. The molecule has 1 aliphatic carbocycles. The van der Waals surface area contributed by atoms with Gasteiger partial charge in [0.25, 0.3) is 0 Å². The first kappa shape index (κ1) is 26.3. The Bertz CT molecular complexity index is 1120. The van der Waals surface area contributed by atoms with Crippen LogP contribution in [0.3, 0.4) is 0 Å². The van der Waals surface area contributed by atoms with Gasteiger partial charge in [-0.2, -0.15) is 0 Å². The highest BCUT2D eigenvalue weighted by atomic mass is 16.5. The standard InChI is InChI=1S/C35H44O/c1-3-5-7-8-10-28-13-18-31(19-14-28)32-20-15-29(16-21-32)11-12-30-17-22-34-27-35(24-23-33(34)26-30)36-25-9-6-4-2/h15-17,20-24,26-28,31H,3-10,13-14,18-19,25H2,1-2H3. The number of benzene rings is 3. The second-order valence-corrected chi connectivity index (χ2v) is 10.7. The average molecular weight is 481 g/mol. The van der Waals surface area contributed by atoms with E-state index in [4.69, 9.17) is 4.74 Å². The van der Waals surface area contributed by atoms with Gasteiger partial charge in [0, 0.05) is 11.1 Å². The summed E-state index contributed by atoms with van der Waals surface area (Å²) in [6.07, 6.45) is 16.1. The predicted molar refractivity (Wildman–Crippen MR) is 155 cm³/mol. The fraction of sp³-hybridized carbons (Fsp3) is 0.486. The normalized spacial score (nSPS) is 17.5. The lowest BCUT2D eigenvalue weighted by Crippen LogP contribution is -2.13. The van der Waals surface area contributed by atoms with Gasteiger partial charge in [-0.15, -0.1) is 0 Å². The Morgan fingerprint density at radius 2 is 1.33 bits per heavy atom. The second-order valence-electron chi connectivity index (χ2n) is 10.7. The molecule has 3 aromatic rings. The van der Waals surface area contributed by atoms with E-state index >= 15 is 0 Å². The SMILES string of the molecule is CCCCCCC1CCC(c2ccc(C#Cc3ccc4cc(OCCCCC)ccc4c3)cc2)CC1. The number of rotatable bonds is 11. The maximum atomic E-state index is 5.91. The van der Waals surface area contributed by atoms with Gasteiger partial charge in [0.2, 0.25) is 0 Å². The molecule has 0 heterocycles. The van der Waals surface area contributed by atoms with Gasteiger partial charge < -0.3 is 4.74 Å². The van der Waals surface area contributed by atoms with Crippen molar-refractivity contribution >= 4 is 10.8 Å². The molecule has 1 aliphatic rings. The lowest BCUT2D eigenvalue weighted by atomic mass is 9.77. The van der Waals surface area contributed by atoms with Crippen molar-refractivity contribution in [2.75, 3.05) is 6.61 Å². The van der Waals surface area contributed by atoms with E-state index < -0.39 is 0 Å². The number of hydrogen-bond donors (Lipinski definition) is 0. The fourth-order valence-electron chi connectivity index (χ4n) is 5.56. The van der Waals surface area contributed by atoms with Crippen molar-refractivity contribution in [3.05, 3.63) is 77.4 Å². The molecule has 0 unspecified atom stereocenters. The summed E-state index contributed by atoms with van der Waals surface area (Å²) in [5.74, 6) is 9.40. The molecule has 3 aromatic carbocycles. The van der Waals surface area contributed by atoms with E-state index in [1.54, 1.807) is 0 Å². The average Bonchev–Trinajstić information content (AvgIpc) is 2.93. The molecule has 0 aromatic heterocycles. The minimum Gasteiger partial charge on any atom is -0.494 e. The Hall–Kier alpha value is -2.72. The van der Waals surface area contributed by atoms with Gasteiger partial charge in [0.05, 0.1) is 6.61 Å². The van der Waals surface area contributed by atoms with Crippen LogP contribution in [-0.2, 0) is 0 Å². The molecule has 0 aliphatic heterocycles. The summed E-state index contributed by atoms with van der Waals surface area (Å²) in [6, 6.07) is 21.9. The van der Waals surface area contributed by atoms with Crippen molar-refractivity contribution in [1.29, 1.82) is 0 Å². The molecular weight excluding hydrogens is 436 g/mol. The minimum absolute atomic E-state index is 0.736. The summed E-state index contributed by atoms with van der Waals surface area (Å²) >= 11 is 0. The van der Waals surface area contributed by atoms with Gasteiger partial charge in [-0.1, -0.05) is 94.9 Å². The Balaban J connectivity index is 1.29. The van der Waals surface area contributed by atoms with Crippen LogP contribution in [0.1, 0.15) is 114 Å². The smallest absolute Gasteiger partial charge is 0.119 e. The highest BCUT2D eigenvalue weighted by molar-refractivity contribution is 5.85. The summed E-state index contributed by atoms with van der Waals surface area (Å²) in [4.78, 5) is 0. The van der Waals surface area contributed by atoms with Crippen LogP contribution >= 0.6 is 0 Å². The van der Waals surface area contributed by atoms with Crippen LogP contribution in [0.2, 0.25) is 0 Å². The van der Waals surface area contributed by atoms with E-state index in [0.717, 1.165) is 41.7 Å². The van der Waals surface area contributed by atoms with Crippen LogP contribution < -0.4 is 4.74 Å². The van der Waals surface area contributed by atoms with E-state index in [9.17, 15) is 0 Å². The molecule has 1 heteroatoms. The molecule has 1 fully saturated rings. The topological polar surface area (TPSA) is 9.23 Å². The third kappa shape index (κ3) is 7.89. The Morgan fingerprint density at radius 1 is 0.667 bits per heavy atom. The second kappa shape index (κ2) is 14.1. The third-order valence-corrected chi connectivity index (χ3v) is 7.87. The molecule has 0 bridgehead atoms. The van der Waals surface area contributed by atoms with Gasteiger partial charge >= 0.3 is 0 Å². The van der Waals surface area contributed by atoms with Crippen molar-refractivity contribution in [3.8, 4) is 17.6 Å². The van der Waals surface area contributed by atoms with Gasteiger partial charge in [-0.25, -0.2) is 0 Å². The Labute approximate surface area is 219 Å². The molecular formula is C35H44O. The predicted octanol–water partition coefficient (Wildman–Crippen LogP) is 10.1. The molecule has 1 nitrogen and oxygen atoms in total. The largest absolute Gasteiger partial charge is 0.494 e. The van der Waals surface area contributed by atoms with Crippen LogP contribution in [0, 0.1) is 17.8 Å². The van der Waals surface area contributed by atoms with Crippen molar-refractivity contribution in [2.24, 2.45) is 5.92 Å². The first-order valence-corrected chi connectivity index (χ1v) is 14.5. The van der Waals surface area contributed by atoms with E-state index in [0.29, 0.717) is 0 Å². The highest BCUT2D eigenvalue weighted by Crippen LogP contribution is 2.37. The minimum atomic E-state index is 0.736. The first-order chi connectivity index (χ1) is 17.7. The summed E-state index contributed by atoms with van der Waals surface area (Å²) in [5.41, 5.74) is 3.66. The maximum absolute atomic E-state index is 5.91. The van der Waals surface area contributed by atoms with Crippen LogP contribution in [0.15, 0.2) is 60.7 Å². The molecule has 36 heavy (non-hydrogen) atoms. The number of fused-ring (bicyclic) bond motifs is 1. The van der Waals surface area contributed by atoms with E-state index in [2.05, 4.69) is 86.4 Å². The van der Waals surface area contributed by atoms with Crippen LogP contribution in [-0.4, -0.2) is 6.61 Å². The Kier molecular flexibility index (Phi) is 10.3. The fourth-order valence-corrected chi connectivity index (χ4v) is 5.56. The van der Waals surface area contributed by atoms with Crippen LogP contribution in [0.5, 0.6) is 5.75 Å². The van der Waals surface area contributed by atoms with Gasteiger partial charge in [0.15, 0.2) is 0 Å². The van der Waals surface area contributed by atoms with Gasteiger partial charge in [0.1, 0.15) is 5.75 Å². The number of unbranched alkanes of at least 4 members (excludes halogenated alkanes) is 5. The zero-order valence-corrected chi connectivity index (χ0v) is 22.5. The van der Waals surface area contributed by atoms with E-state index in [-0.39, 0.29) is 0 Å². The van der Waals surface area contributed by atoms with Crippen LogP contribution in [0.25, 0.3) is 10.8 Å². The van der Waals surface area contributed by atoms with Gasteiger partial charge in [-0.3, -0.25) is 0 Å². The highest BCUT2D eigenvalue weighted by Gasteiger charge is 2.21. The number of hydrogen-bond acceptors (Lipinski definition) is 1. The molecule has 0 amide bonds. The maximum Gasteiger partial charge on any atom is 0.119 e. The van der Waals surface area contributed by atoms with Crippen molar-refractivity contribution in [2.45, 2.75) is 96.8 Å². The van der Waals surface area contributed by atoms with E-state index in [1.165, 1.54) is 87.0 Å². The van der Waals surface area contributed by atoms with Crippen molar-refractivity contribution in [3.63, 3.8) is 0 Å².